The number of carbonyl (C=O) groups excluding carboxylic acids is 1. The molecule has 2 unspecified atom stereocenters. The summed E-state index contributed by atoms with van der Waals surface area (Å²) in [5.41, 5.74) is 5.92. The molecular weight excluding hydrogens is 200 g/mol. The van der Waals surface area contributed by atoms with Gasteiger partial charge in [0.15, 0.2) is 0 Å². The van der Waals surface area contributed by atoms with Crippen LogP contribution in [0.3, 0.4) is 0 Å². The summed E-state index contributed by atoms with van der Waals surface area (Å²) in [7, 11) is 0. The predicted molar refractivity (Wildman–Crippen MR) is 67.1 cm³/mol. The Kier molecular flexibility index (Phi) is 6.46. The molecule has 1 aliphatic rings. The Morgan fingerprint density at radius 3 is 2.88 bits per heavy atom. The van der Waals surface area contributed by atoms with Crippen molar-refractivity contribution in [1.29, 1.82) is 0 Å². The van der Waals surface area contributed by atoms with Gasteiger partial charge in [-0.25, -0.2) is 0 Å². The van der Waals surface area contributed by atoms with Crippen LogP contribution in [0.1, 0.15) is 58.3 Å². The molecule has 2 atom stereocenters. The summed E-state index contributed by atoms with van der Waals surface area (Å²) in [5.74, 6) is 0.825. The number of unbranched alkanes of at least 4 members (excludes halogenated alkanes) is 2. The van der Waals surface area contributed by atoms with Gasteiger partial charge in [0.25, 0.3) is 0 Å². The molecule has 3 nitrogen and oxygen atoms in total. The predicted octanol–water partition coefficient (Wildman–Crippen LogP) is 2.20. The van der Waals surface area contributed by atoms with E-state index in [2.05, 4.69) is 12.2 Å². The first-order valence-corrected chi connectivity index (χ1v) is 6.74. The fourth-order valence-electron chi connectivity index (χ4n) is 2.40. The molecule has 0 bridgehead atoms. The van der Waals surface area contributed by atoms with Crippen LogP contribution in [-0.4, -0.2) is 18.5 Å². The molecule has 3 N–H and O–H groups in total. The number of nitrogens with one attached hydrogen (secondary N) is 1. The van der Waals surface area contributed by atoms with E-state index in [0.29, 0.717) is 18.4 Å². The van der Waals surface area contributed by atoms with Gasteiger partial charge in [-0.05, 0) is 31.6 Å². The molecule has 0 saturated heterocycles. The van der Waals surface area contributed by atoms with Crippen LogP contribution in [0, 0.1) is 5.92 Å². The maximum absolute atomic E-state index is 11.5. The van der Waals surface area contributed by atoms with Gasteiger partial charge in [-0.3, -0.25) is 4.79 Å². The zero-order chi connectivity index (χ0) is 11.8. The summed E-state index contributed by atoms with van der Waals surface area (Å²) < 4.78 is 0. The van der Waals surface area contributed by atoms with Crippen LogP contribution in [0.2, 0.25) is 0 Å². The second-order valence-corrected chi connectivity index (χ2v) is 5.05. The quantitative estimate of drug-likeness (QED) is 0.682. The fraction of sp³-hybridized carbons (Fsp3) is 0.923. The monoisotopic (exact) mass is 226 g/mol. The summed E-state index contributed by atoms with van der Waals surface area (Å²) in [5, 5.41) is 3.04. The average molecular weight is 226 g/mol. The molecule has 0 aromatic carbocycles. The third-order valence-corrected chi connectivity index (χ3v) is 3.42. The summed E-state index contributed by atoms with van der Waals surface area (Å²) in [6, 6.07) is 0.357. The van der Waals surface area contributed by atoms with Gasteiger partial charge < -0.3 is 11.1 Å². The molecule has 0 aromatic heterocycles. The first-order valence-electron chi connectivity index (χ1n) is 6.74. The molecule has 3 heteroatoms. The number of nitrogens with two attached hydrogens (primary N) is 1. The molecule has 0 radical (unpaired) electrons. The molecule has 1 aliphatic carbocycles. The lowest BCUT2D eigenvalue weighted by Gasteiger charge is -2.26. The van der Waals surface area contributed by atoms with E-state index in [1.165, 1.54) is 19.3 Å². The van der Waals surface area contributed by atoms with Crippen LogP contribution < -0.4 is 11.1 Å². The van der Waals surface area contributed by atoms with Crippen molar-refractivity contribution in [2.24, 2.45) is 11.7 Å². The van der Waals surface area contributed by atoms with Crippen molar-refractivity contribution >= 4 is 5.91 Å². The normalized spacial score (nSPS) is 25.4. The van der Waals surface area contributed by atoms with E-state index >= 15 is 0 Å². The average Bonchev–Trinajstić information content (AvgIpc) is 2.27. The van der Waals surface area contributed by atoms with Gasteiger partial charge in [0, 0.05) is 19.0 Å². The molecule has 0 aliphatic heterocycles. The maximum atomic E-state index is 11.5. The first kappa shape index (κ1) is 13.5. The largest absolute Gasteiger partial charge is 0.356 e. The highest BCUT2D eigenvalue weighted by Crippen LogP contribution is 2.22. The summed E-state index contributed by atoms with van der Waals surface area (Å²) in [6.45, 7) is 2.99. The van der Waals surface area contributed by atoms with Crippen LogP contribution in [0.4, 0.5) is 0 Å². The van der Waals surface area contributed by atoms with Crippen molar-refractivity contribution in [2.45, 2.75) is 64.3 Å². The van der Waals surface area contributed by atoms with Crippen molar-refractivity contribution in [3.8, 4) is 0 Å². The van der Waals surface area contributed by atoms with E-state index in [-0.39, 0.29) is 5.91 Å². The van der Waals surface area contributed by atoms with Crippen molar-refractivity contribution in [1.82, 2.24) is 5.32 Å². The Bertz CT molecular complexity index is 206. The second kappa shape index (κ2) is 7.66. The Labute approximate surface area is 99.2 Å². The molecule has 1 amide bonds. The standard InChI is InChI=1S/C13H26N2O/c1-2-3-4-8-13(16)15-10-11-6-5-7-12(14)9-11/h11-12H,2-10,14H2,1H3,(H,15,16). The van der Waals surface area contributed by atoms with Gasteiger partial charge in [-0.2, -0.15) is 0 Å². The molecule has 0 aromatic rings. The maximum Gasteiger partial charge on any atom is 0.220 e. The summed E-state index contributed by atoms with van der Waals surface area (Å²) in [4.78, 5) is 11.5. The van der Waals surface area contributed by atoms with Gasteiger partial charge in [0.1, 0.15) is 0 Å². The Morgan fingerprint density at radius 1 is 1.38 bits per heavy atom. The number of hydrogen-bond donors (Lipinski definition) is 2. The molecule has 94 valence electrons. The number of rotatable bonds is 6. The van der Waals surface area contributed by atoms with Crippen LogP contribution in [0.25, 0.3) is 0 Å². The van der Waals surface area contributed by atoms with E-state index in [1.54, 1.807) is 0 Å². The van der Waals surface area contributed by atoms with E-state index in [0.717, 1.165) is 32.2 Å². The first-order chi connectivity index (χ1) is 7.72. The van der Waals surface area contributed by atoms with Gasteiger partial charge >= 0.3 is 0 Å². The van der Waals surface area contributed by atoms with Gasteiger partial charge in [0.2, 0.25) is 5.91 Å². The number of hydrogen-bond acceptors (Lipinski definition) is 2. The molecular formula is C13H26N2O. The highest BCUT2D eigenvalue weighted by Gasteiger charge is 2.19. The zero-order valence-electron chi connectivity index (χ0n) is 10.5. The Balaban J connectivity index is 2.06. The third kappa shape index (κ3) is 5.50. The van der Waals surface area contributed by atoms with E-state index in [4.69, 9.17) is 5.73 Å². The fourth-order valence-corrected chi connectivity index (χ4v) is 2.40. The summed E-state index contributed by atoms with van der Waals surface area (Å²) >= 11 is 0. The van der Waals surface area contributed by atoms with Crippen LogP contribution in [-0.2, 0) is 4.79 Å². The second-order valence-electron chi connectivity index (χ2n) is 5.05. The molecule has 0 spiro atoms. The number of carbonyl (C=O) groups is 1. The summed E-state index contributed by atoms with van der Waals surface area (Å²) in [6.07, 6.45) is 8.71. The molecule has 1 fully saturated rings. The third-order valence-electron chi connectivity index (χ3n) is 3.42. The molecule has 1 rings (SSSR count). The van der Waals surface area contributed by atoms with Crippen LogP contribution in [0.15, 0.2) is 0 Å². The lowest BCUT2D eigenvalue weighted by atomic mass is 9.86. The Morgan fingerprint density at radius 2 is 2.19 bits per heavy atom. The minimum absolute atomic E-state index is 0.215. The van der Waals surface area contributed by atoms with Crippen molar-refractivity contribution in [3.63, 3.8) is 0 Å². The highest BCUT2D eigenvalue weighted by molar-refractivity contribution is 5.75. The van der Waals surface area contributed by atoms with Crippen molar-refractivity contribution in [3.05, 3.63) is 0 Å². The highest BCUT2D eigenvalue weighted by atomic mass is 16.1. The molecule has 16 heavy (non-hydrogen) atoms. The lowest BCUT2D eigenvalue weighted by molar-refractivity contribution is -0.121. The smallest absolute Gasteiger partial charge is 0.220 e. The van der Waals surface area contributed by atoms with E-state index in [1.807, 2.05) is 0 Å². The van der Waals surface area contributed by atoms with E-state index in [9.17, 15) is 4.79 Å². The Hall–Kier alpha value is -0.570. The van der Waals surface area contributed by atoms with Crippen LogP contribution >= 0.6 is 0 Å². The van der Waals surface area contributed by atoms with Gasteiger partial charge in [0.05, 0.1) is 0 Å². The minimum Gasteiger partial charge on any atom is -0.356 e. The number of amides is 1. The SMILES string of the molecule is CCCCCC(=O)NCC1CCCC(N)C1. The van der Waals surface area contributed by atoms with Gasteiger partial charge in [-0.1, -0.05) is 26.2 Å². The lowest BCUT2D eigenvalue weighted by Crippen LogP contribution is -2.35. The van der Waals surface area contributed by atoms with Crippen molar-refractivity contribution < 1.29 is 4.79 Å². The zero-order valence-corrected chi connectivity index (χ0v) is 10.5. The van der Waals surface area contributed by atoms with E-state index < -0.39 is 0 Å². The van der Waals surface area contributed by atoms with Crippen molar-refractivity contribution in [2.75, 3.05) is 6.54 Å². The van der Waals surface area contributed by atoms with Gasteiger partial charge in [-0.15, -0.1) is 0 Å². The van der Waals surface area contributed by atoms with Crippen LogP contribution in [0.5, 0.6) is 0 Å². The minimum atomic E-state index is 0.215. The molecule has 1 saturated carbocycles. The topological polar surface area (TPSA) is 55.1 Å². The molecule has 0 heterocycles.